The quantitative estimate of drug-likeness (QED) is 0.798. The molecule has 122 valence electrons. The van der Waals surface area contributed by atoms with E-state index in [1.54, 1.807) is 8.61 Å². The third-order valence-electron chi connectivity index (χ3n) is 4.68. The molecule has 2 heterocycles. The average molecular weight is 317 g/mol. The fourth-order valence-electron chi connectivity index (χ4n) is 3.08. The van der Waals surface area contributed by atoms with Gasteiger partial charge in [-0.1, -0.05) is 0 Å². The summed E-state index contributed by atoms with van der Waals surface area (Å²) in [5.74, 6) is 0.629. The van der Waals surface area contributed by atoms with Crippen molar-refractivity contribution < 1.29 is 13.2 Å². The average Bonchev–Trinajstić information content (AvgIpc) is 3.32. The number of rotatable bonds is 5. The zero-order valence-corrected chi connectivity index (χ0v) is 13.5. The van der Waals surface area contributed by atoms with E-state index in [-0.39, 0.29) is 0 Å². The van der Waals surface area contributed by atoms with Crippen LogP contribution in [-0.2, 0) is 14.9 Å². The summed E-state index contributed by atoms with van der Waals surface area (Å²) in [5, 5.41) is 3.56. The van der Waals surface area contributed by atoms with Gasteiger partial charge in [0.05, 0.1) is 6.61 Å². The number of ether oxygens (including phenoxy) is 1. The van der Waals surface area contributed by atoms with Gasteiger partial charge in [-0.15, -0.1) is 0 Å². The second-order valence-corrected chi connectivity index (χ2v) is 8.33. The highest BCUT2D eigenvalue weighted by molar-refractivity contribution is 7.86. The van der Waals surface area contributed by atoms with Crippen molar-refractivity contribution in [3.8, 4) is 0 Å². The number of hydrogen-bond donors (Lipinski definition) is 1. The van der Waals surface area contributed by atoms with Crippen LogP contribution in [0.2, 0.25) is 0 Å². The van der Waals surface area contributed by atoms with Crippen LogP contribution in [0.15, 0.2) is 0 Å². The van der Waals surface area contributed by atoms with E-state index in [9.17, 15) is 8.42 Å². The van der Waals surface area contributed by atoms with E-state index >= 15 is 0 Å². The monoisotopic (exact) mass is 317 g/mol. The lowest BCUT2D eigenvalue weighted by atomic mass is 9.98. The third-order valence-corrected chi connectivity index (χ3v) is 6.72. The predicted molar refractivity (Wildman–Crippen MR) is 81.3 cm³/mol. The molecule has 1 saturated carbocycles. The molecule has 0 aromatic heterocycles. The first-order chi connectivity index (χ1) is 10.2. The highest BCUT2D eigenvalue weighted by Crippen LogP contribution is 2.24. The van der Waals surface area contributed by atoms with Crippen LogP contribution in [0.3, 0.4) is 0 Å². The van der Waals surface area contributed by atoms with Crippen molar-refractivity contribution in [1.82, 2.24) is 13.9 Å². The maximum Gasteiger partial charge on any atom is 0.282 e. The van der Waals surface area contributed by atoms with Crippen molar-refractivity contribution >= 4 is 10.2 Å². The lowest BCUT2D eigenvalue weighted by molar-refractivity contribution is 0.147. The largest absolute Gasteiger partial charge is 0.380 e. The van der Waals surface area contributed by atoms with Crippen LogP contribution in [0.1, 0.15) is 32.1 Å². The van der Waals surface area contributed by atoms with Crippen LogP contribution >= 0.6 is 0 Å². The highest BCUT2D eigenvalue weighted by Gasteiger charge is 2.33. The molecule has 1 N–H and O–H groups in total. The molecule has 0 aromatic carbocycles. The first-order valence-electron chi connectivity index (χ1n) is 8.22. The van der Waals surface area contributed by atoms with E-state index in [0.717, 1.165) is 31.8 Å². The Morgan fingerprint density at radius 3 is 2.38 bits per heavy atom. The molecule has 0 bridgehead atoms. The van der Waals surface area contributed by atoms with Gasteiger partial charge < -0.3 is 10.1 Å². The lowest BCUT2D eigenvalue weighted by Gasteiger charge is -2.34. The summed E-state index contributed by atoms with van der Waals surface area (Å²) in [7, 11) is -3.28. The molecular formula is C14H27N3O3S. The predicted octanol–water partition coefficient (Wildman–Crippen LogP) is 0.418. The van der Waals surface area contributed by atoms with Crippen molar-refractivity contribution in [2.45, 2.75) is 38.1 Å². The standard InChI is InChI=1S/C14H27N3O3S/c18-21(19,16-6-1-10-20-11-9-16)17-7-4-13(5-8-17)12-15-14-2-3-14/h13-15H,1-12H2. The molecule has 3 rings (SSSR count). The molecule has 0 unspecified atom stereocenters. The molecule has 7 heteroatoms. The molecule has 2 saturated heterocycles. The Hall–Kier alpha value is -0.210. The first-order valence-corrected chi connectivity index (χ1v) is 9.62. The topological polar surface area (TPSA) is 61.9 Å². The minimum absolute atomic E-state index is 0.492. The van der Waals surface area contributed by atoms with Crippen molar-refractivity contribution in [3.63, 3.8) is 0 Å². The van der Waals surface area contributed by atoms with Gasteiger partial charge in [-0.3, -0.25) is 0 Å². The van der Waals surface area contributed by atoms with Gasteiger partial charge in [0.25, 0.3) is 10.2 Å². The Morgan fingerprint density at radius 2 is 1.67 bits per heavy atom. The molecule has 6 nitrogen and oxygen atoms in total. The van der Waals surface area contributed by atoms with Crippen molar-refractivity contribution in [1.29, 1.82) is 0 Å². The molecule has 21 heavy (non-hydrogen) atoms. The van der Waals surface area contributed by atoms with Gasteiger partial charge >= 0.3 is 0 Å². The number of nitrogens with zero attached hydrogens (tertiary/aromatic N) is 2. The maximum absolute atomic E-state index is 12.7. The van der Waals surface area contributed by atoms with Gasteiger partial charge in [-0.05, 0) is 44.6 Å². The Kier molecular flexibility index (Phi) is 5.16. The lowest BCUT2D eigenvalue weighted by Crippen LogP contribution is -2.48. The van der Waals surface area contributed by atoms with Gasteiger partial charge in [0, 0.05) is 38.8 Å². The van der Waals surface area contributed by atoms with Gasteiger partial charge in [0.1, 0.15) is 0 Å². The molecular weight excluding hydrogens is 290 g/mol. The van der Waals surface area contributed by atoms with Gasteiger partial charge in [-0.25, -0.2) is 0 Å². The van der Waals surface area contributed by atoms with E-state index in [2.05, 4.69) is 5.32 Å². The van der Waals surface area contributed by atoms with Crippen molar-refractivity contribution in [3.05, 3.63) is 0 Å². The number of hydrogen-bond acceptors (Lipinski definition) is 4. The minimum Gasteiger partial charge on any atom is -0.380 e. The smallest absolute Gasteiger partial charge is 0.282 e. The molecule has 2 aliphatic heterocycles. The Bertz CT molecular complexity index is 423. The second-order valence-electron chi connectivity index (χ2n) is 6.40. The number of piperidine rings is 1. The Balaban J connectivity index is 1.49. The van der Waals surface area contributed by atoms with Crippen LogP contribution < -0.4 is 5.32 Å². The molecule has 1 aliphatic carbocycles. The van der Waals surface area contributed by atoms with E-state index < -0.39 is 10.2 Å². The maximum atomic E-state index is 12.7. The van der Waals surface area contributed by atoms with Crippen LogP contribution in [-0.4, -0.2) is 69.0 Å². The summed E-state index contributed by atoms with van der Waals surface area (Å²) in [4.78, 5) is 0. The van der Waals surface area contributed by atoms with E-state index in [1.807, 2.05) is 0 Å². The summed E-state index contributed by atoms with van der Waals surface area (Å²) < 4.78 is 33.9. The highest BCUT2D eigenvalue weighted by atomic mass is 32.2. The fourth-order valence-corrected chi connectivity index (χ4v) is 4.75. The minimum atomic E-state index is -3.28. The van der Waals surface area contributed by atoms with E-state index in [4.69, 9.17) is 4.74 Å². The molecule has 0 amide bonds. The summed E-state index contributed by atoms with van der Waals surface area (Å²) in [6.45, 7) is 4.64. The summed E-state index contributed by atoms with van der Waals surface area (Å²) in [6.07, 6.45) is 5.36. The van der Waals surface area contributed by atoms with Crippen molar-refractivity contribution in [2.75, 3.05) is 45.9 Å². The fraction of sp³-hybridized carbons (Fsp3) is 1.00. The Labute approximate surface area is 128 Å². The summed E-state index contributed by atoms with van der Waals surface area (Å²) >= 11 is 0. The summed E-state index contributed by atoms with van der Waals surface area (Å²) in [5.41, 5.74) is 0. The Morgan fingerprint density at radius 1 is 0.952 bits per heavy atom. The zero-order chi connectivity index (χ0) is 14.7. The molecule has 0 radical (unpaired) electrons. The summed E-state index contributed by atoms with van der Waals surface area (Å²) in [6, 6.07) is 0.740. The molecule has 0 aromatic rings. The molecule has 3 fully saturated rings. The van der Waals surface area contributed by atoms with Crippen LogP contribution in [0.25, 0.3) is 0 Å². The van der Waals surface area contributed by atoms with Gasteiger partial charge in [0.2, 0.25) is 0 Å². The molecule has 0 atom stereocenters. The van der Waals surface area contributed by atoms with Crippen LogP contribution in [0.5, 0.6) is 0 Å². The zero-order valence-electron chi connectivity index (χ0n) is 12.7. The van der Waals surface area contributed by atoms with Gasteiger partial charge in [0.15, 0.2) is 0 Å². The molecule has 3 aliphatic rings. The normalized spacial score (nSPS) is 27.6. The number of nitrogens with one attached hydrogen (secondary N) is 1. The van der Waals surface area contributed by atoms with E-state index in [0.29, 0.717) is 45.3 Å². The van der Waals surface area contributed by atoms with Crippen molar-refractivity contribution in [2.24, 2.45) is 5.92 Å². The first kappa shape index (κ1) is 15.7. The SMILES string of the molecule is O=S(=O)(N1CCCOCC1)N1CCC(CNC2CC2)CC1. The van der Waals surface area contributed by atoms with Crippen LogP contribution in [0, 0.1) is 5.92 Å². The van der Waals surface area contributed by atoms with E-state index in [1.165, 1.54) is 12.8 Å². The van der Waals surface area contributed by atoms with Crippen LogP contribution in [0.4, 0.5) is 0 Å². The van der Waals surface area contributed by atoms with Gasteiger partial charge in [-0.2, -0.15) is 17.0 Å². The molecule has 0 spiro atoms. The second kappa shape index (κ2) is 6.91. The third kappa shape index (κ3) is 4.16.